The normalized spacial score (nSPS) is 42.4. The van der Waals surface area contributed by atoms with Crippen molar-refractivity contribution in [2.24, 2.45) is 11.8 Å². The first kappa shape index (κ1) is 17.2. The van der Waals surface area contributed by atoms with Crippen LogP contribution in [0.3, 0.4) is 0 Å². The van der Waals surface area contributed by atoms with Gasteiger partial charge in [-0.25, -0.2) is 0 Å². The highest BCUT2D eigenvalue weighted by Crippen LogP contribution is 2.77. The topological polar surface area (TPSA) is 37.4 Å². The van der Waals surface area contributed by atoms with Crippen LogP contribution in [0.15, 0.2) is 22.2 Å². The van der Waals surface area contributed by atoms with Crippen LogP contribution >= 0.6 is 69.6 Å². The van der Waals surface area contributed by atoms with E-state index in [1.165, 1.54) is 0 Å². The van der Waals surface area contributed by atoms with Crippen molar-refractivity contribution in [2.45, 2.75) is 21.0 Å². The highest BCUT2D eigenvalue weighted by molar-refractivity contribution is 6.66. The zero-order chi connectivity index (χ0) is 16.8. The number of hydrogen-bond donors (Lipinski definition) is 0. The number of hydrogen-bond acceptors (Lipinski definition) is 2. The maximum atomic E-state index is 12.7. The van der Waals surface area contributed by atoms with Gasteiger partial charge in [-0.05, 0) is 6.92 Å². The Balaban J connectivity index is 2.21. The first-order chi connectivity index (χ1) is 9.94. The Labute approximate surface area is 157 Å². The smallest absolute Gasteiger partial charge is 0.235 e. The molecule has 0 N–H and O–H groups in total. The second kappa shape index (κ2) is 4.71. The van der Waals surface area contributed by atoms with E-state index in [1.807, 2.05) is 0 Å². The van der Waals surface area contributed by atoms with Gasteiger partial charge in [0.1, 0.15) is 9.75 Å². The average molecular weight is 424 g/mol. The van der Waals surface area contributed by atoms with Gasteiger partial charge in [-0.15, -0.1) is 23.2 Å². The van der Waals surface area contributed by atoms with E-state index >= 15 is 0 Å². The van der Waals surface area contributed by atoms with E-state index in [2.05, 4.69) is 6.58 Å². The van der Waals surface area contributed by atoms with Gasteiger partial charge >= 0.3 is 0 Å². The van der Waals surface area contributed by atoms with Gasteiger partial charge in [-0.3, -0.25) is 14.5 Å². The minimum Gasteiger partial charge on any atom is -0.278 e. The van der Waals surface area contributed by atoms with Gasteiger partial charge in [-0.2, -0.15) is 0 Å². The van der Waals surface area contributed by atoms with Gasteiger partial charge in [0.15, 0.2) is 4.33 Å². The molecule has 3 rings (SSSR count). The molecule has 0 aromatic heterocycles. The number of amides is 2. The molecule has 3 nitrogen and oxygen atoms in total. The van der Waals surface area contributed by atoms with Crippen molar-refractivity contribution in [3.63, 3.8) is 0 Å². The molecule has 120 valence electrons. The molecule has 0 aromatic rings. The number of carbonyl (C=O) groups is 2. The highest BCUT2D eigenvalue weighted by Gasteiger charge is 2.87. The maximum Gasteiger partial charge on any atom is 0.235 e. The Kier molecular flexibility index (Phi) is 3.68. The van der Waals surface area contributed by atoms with Crippen LogP contribution in [0.5, 0.6) is 0 Å². The Morgan fingerprint density at radius 2 is 1.41 bits per heavy atom. The van der Waals surface area contributed by atoms with Crippen LogP contribution in [0.2, 0.25) is 0 Å². The predicted molar refractivity (Wildman–Crippen MR) is 88.9 cm³/mol. The summed E-state index contributed by atoms with van der Waals surface area (Å²) in [5, 5.41) is -0.175. The van der Waals surface area contributed by atoms with E-state index in [1.54, 1.807) is 6.92 Å². The molecule has 1 aliphatic heterocycles. The van der Waals surface area contributed by atoms with Crippen LogP contribution in [0.1, 0.15) is 6.92 Å². The second-order valence-electron chi connectivity index (χ2n) is 5.80. The maximum absolute atomic E-state index is 12.7. The molecule has 22 heavy (non-hydrogen) atoms. The lowest BCUT2D eigenvalue weighted by Crippen LogP contribution is -2.50. The molecule has 0 radical (unpaired) electrons. The summed E-state index contributed by atoms with van der Waals surface area (Å²) in [6.45, 7) is 5.46. The number of fused-ring (bicyclic) bond motifs is 5. The standard InChI is InChI=1S/C13H9Cl6NO2/c1-4(2)3-20-9(21)5-6(10(20)22)12(17)8(15)7(14)11(5,16)13(12,18)19/h5-6H,1,3H2,2H3. The molecule has 1 saturated carbocycles. The van der Waals surface area contributed by atoms with Gasteiger partial charge in [0.25, 0.3) is 0 Å². The van der Waals surface area contributed by atoms with Crippen LogP contribution in [0.25, 0.3) is 0 Å². The van der Waals surface area contributed by atoms with Crippen molar-refractivity contribution in [3.05, 3.63) is 22.2 Å². The summed E-state index contributed by atoms with van der Waals surface area (Å²) >= 11 is 38.1. The van der Waals surface area contributed by atoms with E-state index in [0.29, 0.717) is 5.57 Å². The lowest BCUT2D eigenvalue weighted by Gasteiger charge is -2.34. The fourth-order valence-electron chi connectivity index (χ4n) is 3.48. The van der Waals surface area contributed by atoms with Gasteiger partial charge in [0, 0.05) is 6.54 Å². The van der Waals surface area contributed by atoms with Crippen molar-refractivity contribution in [1.82, 2.24) is 4.90 Å². The number of nitrogens with zero attached hydrogens (tertiary/aromatic N) is 1. The summed E-state index contributed by atoms with van der Waals surface area (Å²) in [6, 6.07) is 0. The number of likely N-dealkylation sites (tertiary alicyclic amines) is 1. The molecule has 1 heterocycles. The van der Waals surface area contributed by atoms with Crippen molar-refractivity contribution in [3.8, 4) is 0 Å². The van der Waals surface area contributed by atoms with E-state index in [0.717, 1.165) is 4.90 Å². The largest absolute Gasteiger partial charge is 0.278 e. The Hall–Kier alpha value is 0.360. The van der Waals surface area contributed by atoms with Crippen molar-refractivity contribution < 1.29 is 9.59 Å². The SMILES string of the molecule is C=C(C)CN1C(=O)C2C(C1=O)C1(Cl)C(Cl)=C(Cl)C2(Cl)C1(Cl)Cl. The van der Waals surface area contributed by atoms with Gasteiger partial charge in [-0.1, -0.05) is 58.6 Å². The fourth-order valence-corrected chi connectivity index (χ4v) is 6.41. The summed E-state index contributed by atoms with van der Waals surface area (Å²) in [5.74, 6) is -3.18. The van der Waals surface area contributed by atoms with Gasteiger partial charge in [0.2, 0.25) is 11.8 Å². The number of halogens is 6. The lowest BCUT2D eigenvalue weighted by molar-refractivity contribution is -0.140. The van der Waals surface area contributed by atoms with Crippen LogP contribution in [0.4, 0.5) is 0 Å². The Bertz CT molecular complexity index is 627. The molecular formula is C13H9Cl6NO2. The first-order valence-electron chi connectivity index (χ1n) is 6.25. The highest BCUT2D eigenvalue weighted by atomic mass is 35.5. The third-order valence-electron chi connectivity index (χ3n) is 4.43. The van der Waals surface area contributed by atoms with E-state index in [-0.39, 0.29) is 16.6 Å². The zero-order valence-corrected chi connectivity index (χ0v) is 15.6. The molecule has 4 unspecified atom stereocenters. The molecule has 0 spiro atoms. The van der Waals surface area contributed by atoms with Crippen molar-refractivity contribution in [1.29, 1.82) is 0 Å². The van der Waals surface area contributed by atoms with E-state index < -0.39 is 37.7 Å². The molecule has 3 aliphatic rings. The third kappa shape index (κ3) is 1.54. The summed E-state index contributed by atoms with van der Waals surface area (Å²) in [7, 11) is 0. The lowest BCUT2D eigenvalue weighted by atomic mass is 9.84. The number of carbonyl (C=O) groups excluding carboxylic acids is 2. The van der Waals surface area contributed by atoms with Crippen molar-refractivity contribution in [2.75, 3.05) is 6.54 Å². The van der Waals surface area contributed by atoms with E-state index in [9.17, 15) is 9.59 Å². The molecular weight excluding hydrogens is 415 g/mol. The second-order valence-corrected chi connectivity index (χ2v) is 9.08. The Morgan fingerprint density at radius 1 is 1.05 bits per heavy atom. The Morgan fingerprint density at radius 3 is 1.73 bits per heavy atom. The first-order valence-corrected chi connectivity index (χ1v) is 8.52. The summed E-state index contributed by atoms with van der Waals surface area (Å²) in [4.78, 5) is 23.0. The number of alkyl halides is 4. The molecule has 9 heteroatoms. The van der Waals surface area contributed by atoms with Gasteiger partial charge < -0.3 is 0 Å². The van der Waals surface area contributed by atoms with Crippen molar-refractivity contribution >= 4 is 81.4 Å². The molecule has 4 atom stereocenters. The van der Waals surface area contributed by atoms with Crippen LogP contribution in [-0.4, -0.2) is 37.3 Å². The van der Waals surface area contributed by atoms with Gasteiger partial charge in [0.05, 0.1) is 21.9 Å². The molecule has 2 bridgehead atoms. The average Bonchev–Trinajstić information content (AvgIpc) is 2.78. The van der Waals surface area contributed by atoms with Crippen LogP contribution in [0, 0.1) is 11.8 Å². The third-order valence-corrected chi connectivity index (χ3v) is 8.69. The van der Waals surface area contributed by atoms with E-state index in [4.69, 9.17) is 69.6 Å². The van der Waals surface area contributed by atoms with Crippen LogP contribution < -0.4 is 0 Å². The van der Waals surface area contributed by atoms with Crippen LogP contribution in [-0.2, 0) is 9.59 Å². The predicted octanol–water partition coefficient (Wildman–Crippen LogP) is 4.01. The number of rotatable bonds is 2. The summed E-state index contributed by atoms with van der Waals surface area (Å²) in [6.07, 6.45) is 0. The summed E-state index contributed by atoms with van der Waals surface area (Å²) in [5.41, 5.74) is 0.634. The monoisotopic (exact) mass is 421 g/mol. The minimum atomic E-state index is -1.88. The molecule has 2 fully saturated rings. The minimum absolute atomic E-state index is 0.0669. The fraction of sp³-hybridized carbons (Fsp3) is 0.538. The quantitative estimate of drug-likeness (QED) is 0.382. The number of allylic oxidation sites excluding steroid dienone is 2. The molecule has 2 amide bonds. The summed E-state index contributed by atoms with van der Waals surface area (Å²) < 4.78 is -1.88. The number of imide groups is 1. The zero-order valence-electron chi connectivity index (χ0n) is 11.1. The molecule has 2 aliphatic carbocycles. The molecule has 0 aromatic carbocycles. The molecule has 1 saturated heterocycles.